The zero-order valence-corrected chi connectivity index (χ0v) is 9.42. The van der Waals surface area contributed by atoms with Gasteiger partial charge in [0.25, 0.3) is 0 Å². The average Bonchev–Trinajstić information content (AvgIpc) is 2.16. The van der Waals surface area contributed by atoms with Gasteiger partial charge in [0.1, 0.15) is 0 Å². The van der Waals surface area contributed by atoms with E-state index in [0.29, 0.717) is 18.3 Å². The summed E-state index contributed by atoms with van der Waals surface area (Å²) in [6.07, 6.45) is 9.17. The van der Waals surface area contributed by atoms with E-state index in [0.717, 1.165) is 0 Å². The molecule has 1 aliphatic rings. The Morgan fingerprint density at radius 2 is 2.36 bits per heavy atom. The third-order valence-corrected chi connectivity index (χ3v) is 2.97. The number of carbonyl (C=O) groups excluding carboxylic acids is 1. The van der Waals surface area contributed by atoms with Gasteiger partial charge in [0.05, 0.1) is 0 Å². The van der Waals surface area contributed by atoms with Crippen molar-refractivity contribution in [3.8, 4) is 0 Å². The Morgan fingerprint density at radius 3 is 2.93 bits per heavy atom. The smallest absolute Gasteiger partial charge is 0.155 e. The van der Waals surface area contributed by atoms with Gasteiger partial charge < -0.3 is 0 Å². The second kappa shape index (κ2) is 5.14. The molecule has 1 nitrogen and oxygen atoms in total. The first kappa shape index (κ1) is 11.2. The molecular weight excluding hydrogens is 172 g/mol. The van der Waals surface area contributed by atoms with Crippen molar-refractivity contribution in [3.63, 3.8) is 0 Å². The predicted molar refractivity (Wildman–Crippen MR) is 60.1 cm³/mol. The first-order valence-corrected chi connectivity index (χ1v) is 5.51. The van der Waals surface area contributed by atoms with E-state index in [9.17, 15) is 4.79 Å². The van der Waals surface area contributed by atoms with Crippen molar-refractivity contribution < 1.29 is 4.79 Å². The topological polar surface area (TPSA) is 17.1 Å². The van der Waals surface area contributed by atoms with Crippen LogP contribution in [0.3, 0.4) is 0 Å². The van der Waals surface area contributed by atoms with Crippen LogP contribution in [0.2, 0.25) is 0 Å². The highest BCUT2D eigenvalue weighted by Gasteiger charge is 2.17. The maximum absolute atomic E-state index is 11.1. The zero-order chi connectivity index (χ0) is 10.6. The van der Waals surface area contributed by atoms with Crippen molar-refractivity contribution in [2.24, 2.45) is 11.8 Å². The molecule has 0 aromatic heterocycles. The lowest BCUT2D eigenvalue weighted by Crippen LogP contribution is -2.12. The molecule has 2 atom stereocenters. The van der Waals surface area contributed by atoms with Crippen molar-refractivity contribution in [1.82, 2.24) is 0 Å². The largest absolute Gasteiger partial charge is 0.295 e. The second-order valence-corrected chi connectivity index (χ2v) is 4.25. The van der Waals surface area contributed by atoms with Crippen molar-refractivity contribution >= 4 is 5.78 Å². The van der Waals surface area contributed by atoms with E-state index >= 15 is 0 Å². The Labute approximate surface area is 86.9 Å². The van der Waals surface area contributed by atoms with E-state index in [4.69, 9.17) is 0 Å². The molecule has 14 heavy (non-hydrogen) atoms. The van der Waals surface area contributed by atoms with E-state index in [2.05, 4.69) is 26.0 Å². The summed E-state index contributed by atoms with van der Waals surface area (Å²) in [4.78, 5) is 11.1. The summed E-state index contributed by atoms with van der Waals surface area (Å²) >= 11 is 0. The van der Waals surface area contributed by atoms with Gasteiger partial charge in [-0.1, -0.05) is 31.6 Å². The summed E-state index contributed by atoms with van der Waals surface area (Å²) in [6, 6.07) is 0. The minimum absolute atomic E-state index is 0.239. The van der Waals surface area contributed by atoms with Gasteiger partial charge in [-0.2, -0.15) is 0 Å². The molecule has 1 aliphatic carbocycles. The third-order valence-electron chi connectivity index (χ3n) is 2.97. The quantitative estimate of drug-likeness (QED) is 0.494. The van der Waals surface area contributed by atoms with Crippen LogP contribution < -0.4 is 0 Å². The molecule has 0 aromatic rings. The van der Waals surface area contributed by atoms with Crippen LogP contribution in [-0.4, -0.2) is 5.78 Å². The summed E-state index contributed by atoms with van der Waals surface area (Å²) in [5, 5.41) is 0. The third kappa shape index (κ3) is 3.13. The highest BCUT2D eigenvalue weighted by molar-refractivity contribution is 5.89. The molecular formula is C13H20O. The molecule has 0 amide bonds. The normalized spacial score (nSPS) is 27.8. The minimum atomic E-state index is 0.239. The van der Waals surface area contributed by atoms with Gasteiger partial charge in [0.2, 0.25) is 0 Å². The Kier molecular flexibility index (Phi) is 4.12. The SMILES string of the molecule is CCC(=O)C=CC1CCC(C)=CC1C. The van der Waals surface area contributed by atoms with Crippen LogP contribution in [-0.2, 0) is 4.79 Å². The maximum Gasteiger partial charge on any atom is 0.155 e. The lowest BCUT2D eigenvalue weighted by Gasteiger charge is -2.23. The molecule has 0 spiro atoms. The summed E-state index contributed by atoms with van der Waals surface area (Å²) in [5.41, 5.74) is 1.49. The van der Waals surface area contributed by atoms with E-state index in [1.165, 1.54) is 18.4 Å². The molecule has 0 fully saturated rings. The minimum Gasteiger partial charge on any atom is -0.295 e. The fraction of sp³-hybridized carbons (Fsp3) is 0.615. The monoisotopic (exact) mass is 192 g/mol. The van der Waals surface area contributed by atoms with Crippen LogP contribution in [0.25, 0.3) is 0 Å². The van der Waals surface area contributed by atoms with Crippen LogP contribution >= 0.6 is 0 Å². The van der Waals surface area contributed by atoms with Crippen molar-refractivity contribution in [2.75, 3.05) is 0 Å². The van der Waals surface area contributed by atoms with E-state index < -0.39 is 0 Å². The van der Waals surface area contributed by atoms with Gasteiger partial charge in [-0.15, -0.1) is 0 Å². The summed E-state index contributed by atoms with van der Waals surface area (Å²) in [7, 11) is 0. The summed E-state index contributed by atoms with van der Waals surface area (Å²) in [5.74, 6) is 1.39. The zero-order valence-electron chi connectivity index (χ0n) is 9.42. The molecule has 1 rings (SSSR count). The summed E-state index contributed by atoms with van der Waals surface area (Å²) in [6.45, 7) is 6.32. The molecule has 0 saturated carbocycles. The standard InChI is InChI=1S/C13H20O/c1-4-13(14)8-7-12-6-5-10(2)9-11(12)3/h7-9,11-12H,4-6H2,1-3H3. The average molecular weight is 192 g/mol. The number of ketones is 1. The molecule has 0 saturated heterocycles. The van der Waals surface area contributed by atoms with E-state index in [-0.39, 0.29) is 5.78 Å². The van der Waals surface area contributed by atoms with Gasteiger partial charge in [0.15, 0.2) is 5.78 Å². The number of hydrogen-bond acceptors (Lipinski definition) is 1. The Bertz CT molecular complexity index is 260. The molecule has 0 heterocycles. The summed E-state index contributed by atoms with van der Waals surface area (Å²) < 4.78 is 0. The lowest BCUT2D eigenvalue weighted by molar-refractivity contribution is -0.114. The first-order chi connectivity index (χ1) is 6.63. The molecule has 1 heteroatoms. The van der Waals surface area contributed by atoms with Gasteiger partial charge in [-0.05, 0) is 37.7 Å². The molecule has 0 N–H and O–H groups in total. The Morgan fingerprint density at radius 1 is 1.64 bits per heavy atom. The molecule has 0 aliphatic heterocycles. The number of carbonyl (C=O) groups is 1. The van der Waals surface area contributed by atoms with Crippen molar-refractivity contribution in [1.29, 1.82) is 0 Å². The van der Waals surface area contributed by atoms with Crippen molar-refractivity contribution in [3.05, 3.63) is 23.8 Å². The van der Waals surface area contributed by atoms with Crippen LogP contribution in [0, 0.1) is 11.8 Å². The van der Waals surface area contributed by atoms with E-state index in [1.54, 1.807) is 6.08 Å². The molecule has 0 bridgehead atoms. The van der Waals surface area contributed by atoms with Crippen LogP contribution in [0.5, 0.6) is 0 Å². The maximum atomic E-state index is 11.1. The molecule has 0 aromatic carbocycles. The highest BCUT2D eigenvalue weighted by Crippen LogP contribution is 2.29. The first-order valence-electron chi connectivity index (χ1n) is 5.51. The molecule has 78 valence electrons. The van der Waals surface area contributed by atoms with Gasteiger partial charge >= 0.3 is 0 Å². The number of allylic oxidation sites excluding steroid dienone is 4. The fourth-order valence-corrected chi connectivity index (χ4v) is 1.93. The fourth-order valence-electron chi connectivity index (χ4n) is 1.93. The van der Waals surface area contributed by atoms with Crippen LogP contribution in [0.1, 0.15) is 40.0 Å². The van der Waals surface area contributed by atoms with Crippen LogP contribution in [0.4, 0.5) is 0 Å². The highest BCUT2D eigenvalue weighted by atomic mass is 16.1. The Hall–Kier alpha value is -0.850. The number of hydrogen-bond donors (Lipinski definition) is 0. The predicted octanol–water partition coefficient (Wildman–Crippen LogP) is 3.51. The van der Waals surface area contributed by atoms with E-state index in [1.807, 2.05) is 6.92 Å². The Balaban J connectivity index is 2.55. The van der Waals surface area contributed by atoms with Gasteiger partial charge in [-0.25, -0.2) is 0 Å². The van der Waals surface area contributed by atoms with Crippen LogP contribution in [0.15, 0.2) is 23.8 Å². The number of rotatable bonds is 3. The molecule has 0 radical (unpaired) electrons. The second-order valence-electron chi connectivity index (χ2n) is 4.25. The van der Waals surface area contributed by atoms with Crippen molar-refractivity contribution in [2.45, 2.75) is 40.0 Å². The molecule has 2 unspecified atom stereocenters. The lowest BCUT2D eigenvalue weighted by atomic mass is 9.82. The van der Waals surface area contributed by atoms with Gasteiger partial charge in [-0.3, -0.25) is 4.79 Å². The van der Waals surface area contributed by atoms with Gasteiger partial charge in [0, 0.05) is 6.42 Å².